The minimum atomic E-state index is 0.812. The first-order chi connectivity index (χ1) is 9.36. The first-order valence-corrected chi connectivity index (χ1v) is 6.93. The van der Waals surface area contributed by atoms with Gasteiger partial charge in [0.15, 0.2) is 0 Å². The van der Waals surface area contributed by atoms with Crippen molar-refractivity contribution in [3.63, 3.8) is 0 Å². The molecule has 0 saturated carbocycles. The molecule has 0 bridgehead atoms. The van der Waals surface area contributed by atoms with E-state index in [0.717, 1.165) is 36.8 Å². The molecule has 2 N–H and O–H groups in total. The maximum Gasteiger partial charge on any atom is 0.0450 e. The van der Waals surface area contributed by atoms with Crippen LogP contribution in [0.5, 0.6) is 0 Å². The van der Waals surface area contributed by atoms with Gasteiger partial charge in [0.1, 0.15) is 0 Å². The van der Waals surface area contributed by atoms with E-state index in [1.165, 1.54) is 5.56 Å². The molecule has 0 aliphatic rings. The largest absolute Gasteiger partial charge is 0.311 e. The zero-order valence-electron chi connectivity index (χ0n) is 10.9. The Morgan fingerprint density at radius 1 is 0.737 bits per heavy atom. The summed E-state index contributed by atoms with van der Waals surface area (Å²) in [4.78, 5) is 0. The van der Waals surface area contributed by atoms with E-state index in [1.54, 1.807) is 0 Å². The summed E-state index contributed by atoms with van der Waals surface area (Å²) in [7, 11) is 0. The molecule has 0 aliphatic heterocycles. The minimum Gasteiger partial charge on any atom is -0.311 e. The highest BCUT2D eigenvalue weighted by Crippen LogP contribution is 2.13. The standard InChI is InChI=1S/C16H19ClN2/c17-16-9-5-4-8-15(16)13-19-11-10-18-12-14-6-2-1-3-7-14/h1-9,18-19H,10-13H2. The molecule has 100 valence electrons. The predicted octanol–water partition coefficient (Wildman–Crippen LogP) is 3.22. The van der Waals surface area contributed by atoms with Crippen LogP contribution in [0.2, 0.25) is 5.02 Å². The van der Waals surface area contributed by atoms with Crippen molar-refractivity contribution in [2.24, 2.45) is 0 Å². The van der Waals surface area contributed by atoms with E-state index in [-0.39, 0.29) is 0 Å². The van der Waals surface area contributed by atoms with Crippen LogP contribution < -0.4 is 10.6 Å². The zero-order chi connectivity index (χ0) is 13.3. The maximum absolute atomic E-state index is 6.09. The highest BCUT2D eigenvalue weighted by molar-refractivity contribution is 6.31. The van der Waals surface area contributed by atoms with Crippen LogP contribution in [0.3, 0.4) is 0 Å². The lowest BCUT2D eigenvalue weighted by Gasteiger charge is -2.08. The first kappa shape index (κ1) is 14.1. The van der Waals surface area contributed by atoms with E-state index < -0.39 is 0 Å². The van der Waals surface area contributed by atoms with Crippen molar-refractivity contribution in [2.75, 3.05) is 13.1 Å². The Balaban J connectivity index is 1.59. The Labute approximate surface area is 119 Å². The number of hydrogen-bond acceptors (Lipinski definition) is 2. The Bertz CT molecular complexity index is 485. The molecule has 2 nitrogen and oxygen atoms in total. The normalized spacial score (nSPS) is 10.6. The summed E-state index contributed by atoms with van der Waals surface area (Å²) in [6.45, 7) is 3.60. The predicted molar refractivity (Wildman–Crippen MR) is 81.3 cm³/mol. The fraction of sp³-hybridized carbons (Fsp3) is 0.250. The molecule has 19 heavy (non-hydrogen) atoms. The maximum atomic E-state index is 6.09. The molecule has 0 aromatic heterocycles. The van der Waals surface area contributed by atoms with Crippen molar-refractivity contribution in [3.8, 4) is 0 Å². The molecule has 0 fully saturated rings. The van der Waals surface area contributed by atoms with Gasteiger partial charge in [0.05, 0.1) is 0 Å². The summed E-state index contributed by atoms with van der Waals surface area (Å²) in [6, 6.07) is 18.4. The molecule has 0 aliphatic carbocycles. The van der Waals surface area contributed by atoms with Crippen LogP contribution >= 0.6 is 11.6 Å². The van der Waals surface area contributed by atoms with Gasteiger partial charge >= 0.3 is 0 Å². The van der Waals surface area contributed by atoms with E-state index in [9.17, 15) is 0 Å². The Morgan fingerprint density at radius 3 is 2.11 bits per heavy atom. The third-order valence-corrected chi connectivity index (χ3v) is 3.29. The zero-order valence-corrected chi connectivity index (χ0v) is 11.7. The van der Waals surface area contributed by atoms with Crippen molar-refractivity contribution in [2.45, 2.75) is 13.1 Å². The highest BCUT2D eigenvalue weighted by atomic mass is 35.5. The van der Waals surface area contributed by atoms with Crippen molar-refractivity contribution in [1.29, 1.82) is 0 Å². The summed E-state index contributed by atoms with van der Waals surface area (Å²) >= 11 is 6.09. The van der Waals surface area contributed by atoms with Gasteiger partial charge in [-0.1, -0.05) is 60.1 Å². The molecule has 0 atom stereocenters. The summed E-state index contributed by atoms with van der Waals surface area (Å²) in [5.74, 6) is 0. The van der Waals surface area contributed by atoms with E-state index in [1.807, 2.05) is 30.3 Å². The number of nitrogens with one attached hydrogen (secondary N) is 2. The Hall–Kier alpha value is -1.35. The van der Waals surface area contributed by atoms with E-state index in [0.29, 0.717) is 0 Å². The van der Waals surface area contributed by atoms with Gasteiger partial charge < -0.3 is 10.6 Å². The van der Waals surface area contributed by atoms with E-state index in [4.69, 9.17) is 11.6 Å². The monoisotopic (exact) mass is 274 g/mol. The lowest BCUT2D eigenvalue weighted by Crippen LogP contribution is -2.26. The minimum absolute atomic E-state index is 0.812. The van der Waals surface area contributed by atoms with Crippen LogP contribution in [0.4, 0.5) is 0 Å². The third kappa shape index (κ3) is 5.03. The smallest absolute Gasteiger partial charge is 0.0450 e. The molecule has 0 heterocycles. The van der Waals surface area contributed by atoms with E-state index >= 15 is 0 Å². The van der Waals surface area contributed by atoms with Crippen LogP contribution in [-0.2, 0) is 13.1 Å². The fourth-order valence-electron chi connectivity index (χ4n) is 1.87. The molecule has 2 aromatic rings. The van der Waals surface area contributed by atoms with Gasteiger partial charge in [0.2, 0.25) is 0 Å². The molecule has 0 unspecified atom stereocenters. The Morgan fingerprint density at radius 2 is 1.37 bits per heavy atom. The van der Waals surface area contributed by atoms with Gasteiger partial charge in [0, 0.05) is 31.2 Å². The van der Waals surface area contributed by atoms with Crippen LogP contribution in [0, 0.1) is 0 Å². The van der Waals surface area contributed by atoms with Crippen LogP contribution in [0.15, 0.2) is 54.6 Å². The molecule has 3 heteroatoms. The van der Waals surface area contributed by atoms with Crippen LogP contribution in [-0.4, -0.2) is 13.1 Å². The van der Waals surface area contributed by atoms with Gasteiger partial charge in [-0.3, -0.25) is 0 Å². The fourth-order valence-corrected chi connectivity index (χ4v) is 2.07. The number of halogens is 1. The molecule has 0 radical (unpaired) electrons. The molecule has 0 saturated heterocycles. The van der Waals surface area contributed by atoms with Gasteiger partial charge in [-0.2, -0.15) is 0 Å². The second-order valence-corrected chi connectivity index (χ2v) is 4.84. The van der Waals surface area contributed by atoms with Gasteiger partial charge in [-0.15, -0.1) is 0 Å². The third-order valence-electron chi connectivity index (χ3n) is 2.92. The summed E-state index contributed by atoms with van der Waals surface area (Å²) < 4.78 is 0. The van der Waals surface area contributed by atoms with Crippen molar-refractivity contribution in [3.05, 3.63) is 70.7 Å². The van der Waals surface area contributed by atoms with Crippen molar-refractivity contribution < 1.29 is 0 Å². The lowest BCUT2D eigenvalue weighted by atomic mass is 10.2. The summed E-state index contributed by atoms with van der Waals surface area (Å²) in [5, 5.41) is 7.62. The highest BCUT2D eigenvalue weighted by Gasteiger charge is 1.97. The topological polar surface area (TPSA) is 24.1 Å². The molecule has 2 rings (SSSR count). The number of rotatable bonds is 7. The van der Waals surface area contributed by atoms with Crippen molar-refractivity contribution >= 4 is 11.6 Å². The number of hydrogen-bond donors (Lipinski definition) is 2. The van der Waals surface area contributed by atoms with Crippen LogP contribution in [0.25, 0.3) is 0 Å². The molecule has 0 spiro atoms. The van der Waals surface area contributed by atoms with Crippen LogP contribution in [0.1, 0.15) is 11.1 Å². The Kier molecular flexibility index (Phi) is 5.89. The van der Waals surface area contributed by atoms with Gasteiger partial charge in [0.25, 0.3) is 0 Å². The number of benzene rings is 2. The summed E-state index contributed by atoms with van der Waals surface area (Å²) in [6.07, 6.45) is 0. The molecule has 0 amide bonds. The van der Waals surface area contributed by atoms with Crippen molar-refractivity contribution in [1.82, 2.24) is 10.6 Å². The molecular weight excluding hydrogens is 256 g/mol. The molecular formula is C16H19ClN2. The SMILES string of the molecule is Clc1ccccc1CNCCNCc1ccccc1. The average molecular weight is 275 g/mol. The average Bonchev–Trinajstić information content (AvgIpc) is 2.45. The first-order valence-electron chi connectivity index (χ1n) is 6.55. The van der Waals surface area contributed by atoms with Gasteiger partial charge in [-0.25, -0.2) is 0 Å². The lowest BCUT2D eigenvalue weighted by molar-refractivity contribution is 0.611. The summed E-state index contributed by atoms with van der Waals surface area (Å²) in [5.41, 5.74) is 2.46. The quantitative estimate of drug-likeness (QED) is 0.758. The van der Waals surface area contributed by atoms with E-state index in [2.05, 4.69) is 34.9 Å². The second-order valence-electron chi connectivity index (χ2n) is 4.43. The molecule has 2 aromatic carbocycles. The second kappa shape index (κ2) is 7.95. The van der Waals surface area contributed by atoms with Gasteiger partial charge in [-0.05, 0) is 17.2 Å².